The molecule has 0 saturated heterocycles. The molecule has 1 aliphatic heterocycles. The second-order valence-electron chi connectivity index (χ2n) is 8.77. The number of H-pyrrole nitrogens is 1. The SMILES string of the molecule is COCCNC(=O)CCN1C(=O)c2ccccc2[C@@H]1c1c(-c2cccc(OC)c2)[nH]c2ccccc12. The van der Waals surface area contributed by atoms with Gasteiger partial charge < -0.3 is 24.7 Å². The van der Waals surface area contributed by atoms with Crippen molar-refractivity contribution >= 4 is 22.7 Å². The molecule has 7 nitrogen and oxygen atoms in total. The van der Waals surface area contributed by atoms with E-state index in [9.17, 15) is 9.59 Å². The molecular formula is C29H29N3O4. The summed E-state index contributed by atoms with van der Waals surface area (Å²) >= 11 is 0. The maximum atomic E-state index is 13.6. The summed E-state index contributed by atoms with van der Waals surface area (Å²) in [7, 11) is 3.24. The Kier molecular flexibility index (Phi) is 6.73. The van der Waals surface area contributed by atoms with Crippen molar-refractivity contribution in [1.29, 1.82) is 0 Å². The molecule has 0 radical (unpaired) electrons. The number of hydrogen-bond acceptors (Lipinski definition) is 4. The normalized spacial score (nSPS) is 14.8. The lowest BCUT2D eigenvalue weighted by Crippen LogP contribution is -2.34. The van der Waals surface area contributed by atoms with E-state index in [1.165, 1.54) is 0 Å². The number of fused-ring (bicyclic) bond motifs is 2. The smallest absolute Gasteiger partial charge is 0.255 e. The van der Waals surface area contributed by atoms with Crippen LogP contribution in [-0.4, -0.2) is 55.6 Å². The lowest BCUT2D eigenvalue weighted by molar-refractivity contribution is -0.121. The van der Waals surface area contributed by atoms with Crippen LogP contribution in [-0.2, 0) is 9.53 Å². The largest absolute Gasteiger partial charge is 0.497 e. The number of amides is 2. The molecule has 2 amide bonds. The molecule has 0 bridgehead atoms. The van der Waals surface area contributed by atoms with Gasteiger partial charge in [-0.1, -0.05) is 48.5 Å². The Morgan fingerprint density at radius 3 is 2.67 bits per heavy atom. The Balaban J connectivity index is 1.61. The first-order chi connectivity index (χ1) is 17.6. The van der Waals surface area contributed by atoms with Crippen LogP contribution < -0.4 is 10.1 Å². The molecule has 2 N–H and O–H groups in total. The fourth-order valence-electron chi connectivity index (χ4n) is 4.97. The molecule has 3 aromatic carbocycles. The highest BCUT2D eigenvalue weighted by Crippen LogP contribution is 2.45. The molecular weight excluding hydrogens is 454 g/mol. The molecule has 184 valence electrons. The zero-order chi connectivity index (χ0) is 25.1. The first-order valence-corrected chi connectivity index (χ1v) is 12.0. The third-order valence-corrected chi connectivity index (χ3v) is 6.64. The highest BCUT2D eigenvalue weighted by molar-refractivity contribution is 6.02. The number of para-hydroxylation sites is 1. The molecule has 1 atom stereocenters. The number of aromatic amines is 1. The zero-order valence-corrected chi connectivity index (χ0v) is 20.4. The van der Waals surface area contributed by atoms with Gasteiger partial charge in [0.25, 0.3) is 5.91 Å². The number of rotatable bonds is 9. The summed E-state index contributed by atoms with van der Waals surface area (Å²) in [4.78, 5) is 31.5. The van der Waals surface area contributed by atoms with Gasteiger partial charge in [-0.05, 0) is 29.8 Å². The van der Waals surface area contributed by atoms with Gasteiger partial charge in [-0.15, -0.1) is 0 Å². The maximum Gasteiger partial charge on any atom is 0.255 e. The van der Waals surface area contributed by atoms with E-state index in [0.29, 0.717) is 25.3 Å². The summed E-state index contributed by atoms with van der Waals surface area (Å²) in [6.07, 6.45) is 0.205. The fraction of sp³-hybridized carbons (Fsp3) is 0.241. The Bertz CT molecular complexity index is 1410. The van der Waals surface area contributed by atoms with Gasteiger partial charge in [0.1, 0.15) is 5.75 Å². The minimum absolute atomic E-state index is 0.0674. The highest BCUT2D eigenvalue weighted by atomic mass is 16.5. The average molecular weight is 484 g/mol. The molecule has 5 rings (SSSR count). The molecule has 0 unspecified atom stereocenters. The van der Waals surface area contributed by atoms with Crippen molar-refractivity contribution < 1.29 is 19.1 Å². The summed E-state index contributed by atoms with van der Waals surface area (Å²) < 4.78 is 10.5. The van der Waals surface area contributed by atoms with Crippen molar-refractivity contribution in [1.82, 2.24) is 15.2 Å². The van der Waals surface area contributed by atoms with E-state index in [0.717, 1.165) is 39.0 Å². The molecule has 2 heterocycles. The molecule has 0 aliphatic carbocycles. The van der Waals surface area contributed by atoms with Gasteiger partial charge in [0.15, 0.2) is 0 Å². The Labute approximate surface area is 210 Å². The number of nitrogens with zero attached hydrogens (tertiary/aromatic N) is 1. The number of hydrogen-bond donors (Lipinski definition) is 2. The van der Waals surface area contributed by atoms with Crippen LogP contribution in [0, 0.1) is 0 Å². The molecule has 0 fully saturated rings. The van der Waals surface area contributed by atoms with Crippen LogP contribution in [0.15, 0.2) is 72.8 Å². The van der Waals surface area contributed by atoms with Gasteiger partial charge in [0.05, 0.1) is 25.5 Å². The van der Waals surface area contributed by atoms with Crippen LogP contribution in [0.4, 0.5) is 0 Å². The maximum absolute atomic E-state index is 13.6. The molecule has 1 aromatic heterocycles. The van der Waals surface area contributed by atoms with E-state index in [4.69, 9.17) is 9.47 Å². The van der Waals surface area contributed by atoms with E-state index in [2.05, 4.69) is 16.4 Å². The summed E-state index contributed by atoms with van der Waals surface area (Å²) in [5, 5.41) is 3.89. The third-order valence-electron chi connectivity index (χ3n) is 6.64. The van der Waals surface area contributed by atoms with E-state index >= 15 is 0 Å². The molecule has 0 saturated carbocycles. The Morgan fingerprint density at radius 2 is 1.83 bits per heavy atom. The molecule has 1 aliphatic rings. The molecule has 0 spiro atoms. The predicted molar refractivity (Wildman–Crippen MR) is 139 cm³/mol. The number of aromatic nitrogens is 1. The van der Waals surface area contributed by atoms with Crippen molar-refractivity contribution in [3.63, 3.8) is 0 Å². The van der Waals surface area contributed by atoms with Crippen molar-refractivity contribution in [3.8, 4) is 17.0 Å². The second kappa shape index (κ2) is 10.3. The quantitative estimate of drug-likeness (QED) is 0.343. The van der Waals surface area contributed by atoms with Gasteiger partial charge in [0, 0.05) is 54.2 Å². The Morgan fingerprint density at radius 1 is 1.03 bits per heavy atom. The number of carbonyl (C=O) groups is 2. The minimum Gasteiger partial charge on any atom is -0.497 e. The van der Waals surface area contributed by atoms with Crippen LogP contribution in [0.1, 0.15) is 33.9 Å². The highest BCUT2D eigenvalue weighted by Gasteiger charge is 2.40. The summed E-state index contributed by atoms with van der Waals surface area (Å²) in [5.74, 6) is 0.577. The minimum atomic E-state index is -0.335. The van der Waals surface area contributed by atoms with E-state index in [1.807, 2.05) is 71.6 Å². The third kappa shape index (κ3) is 4.33. The van der Waals surface area contributed by atoms with Crippen molar-refractivity contribution in [2.75, 3.05) is 33.9 Å². The van der Waals surface area contributed by atoms with E-state index in [-0.39, 0.29) is 24.3 Å². The monoisotopic (exact) mass is 483 g/mol. The van der Waals surface area contributed by atoms with Gasteiger partial charge in [0.2, 0.25) is 5.91 Å². The topological polar surface area (TPSA) is 83.7 Å². The number of benzene rings is 3. The number of carbonyl (C=O) groups excluding carboxylic acids is 2. The standard InChI is InChI=1S/C29H29N3O4/c1-35-17-15-30-25(33)14-16-32-28(21-10-3-4-11-22(21)29(32)34)26-23-12-5-6-13-24(23)31-27(26)19-8-7-9-20(18-19)36-2/h3-13,18,28,31H,14-17H2,1-2H3,(H,30,33)/t28-/m1/s1. The first-order valence-electron chi connectivity index (χ1n) is 12.0. The van der Waals surface area contributed by atoms with Crippen molar-refractivity contribution in [2.45, 2.75) is 12.5 Å². The predicted octanol–water partition coefficient (Wildman–Crippen LogP) is 4.54. The van der Waals surface area contributed by atoms with Gasteiger partial charge in [-0.3, -0.25) is 9.59 Å². The van der Waals surface area contributed by atoms with E-state index in [1.54, 1.807) is 14.2 Å². The van der Waals surface area contributed by atoms with Crippen LogP contribution in [0.5, 0.6) is 5.75 Å². The summed E-state index contributed by atoms with van der Waals surface area (Å²) in [5.41, 5.74) is 5.51. The number of methoxy groups -OCH3 is 2. The number of ether oxygens (including phenoxy) is 2. The zero-order valence-electron chi connectivity index (χ0n) is 20.4. The fourth-order valence-corrected chi connectivity index (χ4v) is 4.97. The summed E-state index contributed by atoms with van der Waals surface area (Å²) in [6, 6.07) is 23.4. The van der Waals surface area contributed by atoms with Crippen molar-refractivity contribution in [3.05, 3.63) is 89.5 Å². The lowest BCUT2D eigenvalue weighted by Gasteiger charge is -2.26. The van der Waals surface area contributed by atoms with Gasteiger partial charge in [-0.25, -0.2) is 0 Å². The van der Waals surface area contributed by atoms with Crippen LogP contribution in [0.2, 0.25) is 0 Å². The van der Waals surface area contributed by atoms with E-state index < -0.39 is 0 Å². The average Bonchev–Trinajstić information content (AvgIpc) is 3.42. The van der Waals surface area contributed by atoms with Crippen LogP contribution in [0.3, 0.4) is 0 Å². The van der Waals surface area contributed by atoms with Gasteiger partial charge >= 0.3 is 0 Å². The molecule has 36 heavy (non-hydrogen) atoms. The first kappa shape index (κ1) is 23.6. The molecule has 4 aromatic rings. The Hall–Kier alpha value is -4.10. The van der Waals surface area contributed by atoms with Crippen LogP contribution >= 0.6 is 0 Å². The molecule has 7 heteroatoms. The summed E-state index contributed by atoms with van der Waals surface area (Å²) in [6.45, 7) is 1.19. The van der Waals surface area contributed by atoms with Crippen molar-refractivity contribution in [2.24, 2.45) is 0 Å². The second-order valence-corrected chi connectivity index (χ2v) is 8.77. The van der Waals surface area contributed by atoms with Crippen LogP contribution in [0.25, 0.3) is 22.2 Å². The van der Waals surface area contributed by atoms with Gasteiger partial charge in [-0.2, -0.15) is 0 Å². The lowest BCUT2D eigenvalue weighted by atomic mass is 9.93. The number of nitrogens with one attached hydrogen (secondary N) is 2.